The van der Waals surface area contributed by atoms with Crippen LogP contribution < -0.4 is 5.32 Å². The van der Waals surface area contributed by atoms with Gasteiger partial charge in [-0.25, -0.2) is 8.78 Å². The molecule has 0 radical (unpaired) electrons. The monoisotopic (exact) mass is 261 g/mol. The average molecular weight is 261 g/mol. The van der Waals surface area contributed by atoms with Gasteiger partial charge in [-0.2, -0.15) is 0 Å². The zero-order valence-electron chi connectivity index (χ0n) is 10.9. The Bertz CT molecular complexity index is 526. The summed E-state index contributed by atoms with van der Waals surface area (Å²) in [6.45, 7) is 0. The normalized spacial score (nSPS) is 12.4. The van der Waals surface area contributed by atoms with Crippen LogP contribution >= 0.6 is 0 Å². The summed E-state index contributed by atoms with van der Waals surface area (Å²) in [7, 11) is 1.84. The first-order valence-electron chi connectivity index (χ1n) is 6.34. The molecule has 2 aromatic carbocycles. The van der Waals surface area contributed by atoms with Gasteiger partial charge in [0.25, 0.3) is 0 Å². The lowest BCUT2D eigenvalue weighted by molar-refractivity contribution is 0.482. The molecule has 0 aliphatic carbocycles. The smallest absolute Gasteiger partial charge is 0.162 e. The minimum Gasteiger partial charge on any atom is -0.316 e. The van der Waals surface area contributed by atoms with Crippen LogP contribution in [0.15, 0.2) is 48.5 Å². The molecule has 0 bridgehead atoms. The Morgan fingerprint density at radius 1 is 0.947 bits per heavy atom. The fourth-order valence-corrected chi connectivity index (χ4v) is 2.15. The Labute approximate surface area is 112 Å². The van der Waals surface area contributed by atoms with Crippen LogP contribution in [0.2, 0.25) is 0 Å². The molecular weight excluding hydrogens is 244 g/mol. The molecule has 0 amide bonds. The predicted molar refractivity (Wildman–Crippen MR) is 73.1 cm³/mol. The largest absolute Gasteiger partial charge is 0.316 e. The number of hydrogen-bond donors (Lipinski definition) is 1. The van der Waals surface area contributed by atoms with Crippen molar-refractivity contribution in [3.63, 3.8) is 0 Å². The molecule has 1 N–H and O–H groups in total. The van der Waals surface area contributed by atoms with Gasteiger partial charge in [0.15, 0.2) is 11.6 Å². The van der Waals surface area contributed by atoms with Crippen molar-refractivity contribution in [1.82, 2.24) is 5.32 Å². The summed E-state index contributed by atoms with van der Waals surface area (Å²) in [6, 6.07) is 14.4. The minimum atomic E-state index is -0.785. The molecule has 1 unspecified atom stereocenters. The van der Waals surface area contributed by atoms with Gasteiger partial charge >= 0.3 is 0 Å². The number of likely N-dealkylation sites (N-methyl/N-ethyl adjacent to an activating group) is 1. The van der Waals surface area contributed by atoms with E-state index in [9.17, 15) is 8.78 Å². The van der Waals surface area contributed by atoms with Crippen molar-refractivity contribution in [3.05, 3.63) is 71.3 Å². The Morgan fingerprint density at radius 3 is 2.37 bits per heavy atom. The van der Waals surface area contributed by atoms with E-state index in [2.05, 4.69) is 5.32 Å². The molecule has 3 heteroatoms. The second kappa shape index (κ2) is 6.43. The van der Waals surface area contributed by atoms with Crippen molar-refractivity contribution in [2.24, 2.45) is 0 Å². The first-order valence-corrected chi connectivity index (χ1v) is 6.34. The molecule has 0 spiro atoms. The van der Waals surface area contributed by atoms with Crippen LogP contribution in [0.5, 0.6) is 0 Å². The molecule has 19 heavy (non-hydrogen) atoms. The third-order valence-corrected chi connectivity index (χ3v) is 3.23. The van der Waals surface area contributed by atoms with E-state index >= 15 is 0 Å². The van der Waals surface area contributed by atoms with Crippen LogP contribution in [0, 0.1) is 11.6 Å². The molecule has 1 nitrogen and oxygen atoms in total. The molecule has 0 aliphatic rings. The van der Waals surface area contributed by atoms with E-state index in [1.807, 2.05) is 37.4 Å². The number of benzene rings is 2. The molecule has 0 saturated heterocycles. The van der Waals surface area contributed by atoms with Gasteiger partial charge in [0.2, 0.25) is 0 Å². The molecule has 2 rings (SSSR count). The fourth-order valence-electron chi connectivity index (χ4n) is 2.15. The van der Waals surface area contributed by atoms with E-state index in [0.29, 0.717) is 12.0 Å². The Kier molecular flexibility index (Phi) is 4.63. The van der Waals surface area contributed by atoms with Gasteiger partial charge < -0.3 is 5.32 Å². The molecule has 1 atom stereocenters. The average Bonchev–Trinajstić information content (AvgIpc) is 2.44. The van der Waals surface area contributed by atoms with E-state index in [1.165, 1.54) is 5.56 Å². The first kappa shape index (κ1) is 13.7. The van der Waals surface area contributed by atoms with Crippen molar-refractivity contribution in [2.75, 3.05) is 7.05 Å². The maximum Gasteiger partial charge on any atom is 0.162 e. The summed E-state index contributed by atoms with van der Waals surface area (Å²) in [5.74, 6) is -1.53. The lowest BCUT2D eigenvalue weighted by atomic mass is 9.99. The standard InChI is InChI=1S/C16H17F2N/c1-19-14(10-12-6-3-2-4-7-12)11-13-8-5-9-15(17)16(13)18/h2-9,14,19H,10-11H2,1H3. The van der Waals surface area contributed by atoms with Gasteiger partial charge in [-0.05, 0) is 37.1 Å². The second-order valence-corrected chi connectivity index (χ2v) is 4.59. The summed E-state index contributed by atoms with van der Waals surface area (Å²) < 4.78 is 26.8. The van der Waals surface area contributed by atoms with E-state index in [0.717, 1.165) is 12.5 Å². The maximum atomic E-state index is 13.6. The highest BCUT2D eigenvalue weighted by molar-refractivity contribution is 5.22. The Hall–Kier alpha value is -1.74. The van der Waals surface area contributed by atoms with Crippen molar-refractivity contribution < 1.29 is 8.78 Å². The molecule has 2 aromatic rings. The van der Waals surface area contributed by atoms with Gasteiger partial charge in [0.05, 0.1) is 0 Å². The molecule has 100 valence electrons. The highest BCUT2D eigenvalue weighted by Gasteiger charge is 2.13. The number of rotatable bonds is 5. The zero-order valence-corrected chi connectivity index (χ0v) is 10.9. The van der Waals surface area contributed by atoms with Gasteiger partial charge in [-0.3, -0.25) is 0 Å². The Balaban J connectivity index is 2.09. The SMILES string of the molecule is CNC(Cc1ccccc1)Cc1cccc(F)c1F. The quantitative estimate of drug-likeness (QED) is 0.870. The van der Waals surface area contributed by atoms with Gasteiger partial charge in [-0.15, -0.1) is 0 Å². The second-order valence-electron chi connectivity index (χ2n) is 4.59. The van der Waals surface area contributed by atoms with E-state index in [1.54, 1.807) is 12.1 Å². The lowest BCUT2D eigenvalue weighted by Crippen LogP contribution is -2.30. The van der Waals surface area contributed by atoms with E-state index < -0.39 is 11.6 Å². The van der Waals surface area contributed by atoms with Gasteiger partial charge in [-0.1, -0.05) is 42.5 Å². The van der Waals surface area contributed by atoms with Crippen molar-refractivity contribution in [2.45, 2.75) is 18.9 Å². The molecule has 0 aliphatic heterocycles. The van der Waals surface area contributed by atoms with E-state index in [-0.39, 0.29) is 6.04 Å². The highest BCUT2D eigenvalue weighted by atomic mass is 19.2. The van der Waals surface area contributed by atoms with Gasteiger partial charge in [0, 0.05) is 6.04 Å². The minimum absolute atomic E-state index is 0.0821. The molecule has 0 fully saturated rings. The lowest BCUT2D eigenvalue weighted by Gasteiger charge is -2.17. The molecule has 0 saturated carbocycles. The fraction of sp³-hybridized carbons (Fsp3) is 0.250. The van der Waals surface area contributed by atoms with Crippen LogP contribution in [-0.4, -0.2) is 13.1 Å². The van der Waals surface area contributed by atoms with Crippen molar-refractivity contribution in [1.29, 1.82) is 0 Å². The summed E-state index contributed by atoms with van der Waals surface area (Å²) in [4.78, 5) is 0. The highest BCUT2D eigenvalue weighted by Crippen LogP contribution is 2.15. The Morgan fingerprint density at radius 2 is 1.68 bits per heavy atom. The van der Waals surface area contributed by atoms with Crippen molar-refractivity contribution >= 4 is 0 Å². The summed E-state index contributed by atoms with van der Waals surface area (Å²) in [6.07, 6.45) is 1.25. The van der Waals surface area contributed by atoms with Gasteiger partial charge in [0.1, 0.15) is 0 Å². The molecule has 0 heterocycles. The van der Waals surface area contributed by atoms with Crippen LogP contribution in [0.25, 0.3) is 0 Å². The van der Waals surface area contributed by atoms with Crippen LogP contribution in [0.1, 0.15) is 11.1 Å². The number of halogens is 2. The zero-order chi connectivity index (χ0) is 13.7. The third kappa shape index (κ3) is 3.61. The van der Waals surface area contributed by atoms with Crippen LogP contribution in [0.4, 0.5) is 8.78 Å². The number of hydrogen-bond acceptors (Lipinski definition) is 1. The maximum absolute atomic E-state index is 13.6. The summed E-state index contributed by atoms with van der Waals surface area (Å²) in [5, 5.41) is 3.16. The summed E-state index contributed by atoms with van der Waals surface area (Å²) in [5.41, 5.74) is 1.59. The number of nitrogens with one attached hydrogen (secondary N) is 1. The topological polar surface area (TPSA) is 12.0 Å². The summed E-state index contributed by atoms with van der Waals surface area (Å²) >= 11 is 0. The van der Waals surface area contributed by atoms with E-state index in [4.69, 9.17) is 0 Å². The third-order valence-electron chi connectivity index (χ3n) is 3.23. The molecular formula is C16H17F2N. The first-order chi connectivity index (χ1) is 9.20. The molecule has 0 aromatic heterocycles. The van der Waals surface area contributed by atoms with Crippen molar-refractivity contribution in [3.8, 4) is 0 Å². The van der Waals surface area contributed by atoms with Crippen LogP contribution in [-0.2, 0) is 12.8 Å². The van der Waals surface area contributed by atoms with Crippen LogP contribution in [0.3, 0.4) is 0 Å². The predicted octanol–water partition coefficient (Wildman–Crippen LogP) is 3.34.